The van der Waals surface area contributed by atoms with Crippen LogP contribution in [-0.4, -0.2) is 24.2 Å². The molecule has 2 rings (SSSR count). The molecule has 0 spiro atoms. The van der Waals surface area contributed by atoms with E-state index in [0.717, 1.165) is 17.7 Å². The Morgan fingerprint density at radius 1 is 1.00 bits per heavy atom. The van der Waals surface area contributed by atoms with Crippen molar-refractivity contribution < 1.29 is 10.0 Å². The first kappa shape index (κ1) is 14.6. The summed E-state index contributed by atoms with van der Waals surface area (Å²) >= 11 is 0. The molecule has 2 N–H and O–H groups in total. The molecule has 0 aliphatic rings. The van der Waals surface area contributed by atoms with E-state index >= 15 is 0 Å². The maximum Gasteiger partial charge on any atom is 0.488 e. The zero-order chi connectivity index (χ0) is 14.5. The van der Waals surface area contributed by atoms with Crippen molar-refractivity contribution in [2.24, 2.45) is 0 Å². The van der Waals surface area contributed by atoms with Crippen LogP contribution in [0.4, 0.5) is 5.69 Å². The first-order chi connectivity index (χ1) is 9.61. The molecule has 0 fully saturated rings. The van der Waals surface area contributed by atoms with Gasteiger partial charge in [-0.1, -0.05) is 43.3 Å². The average molecular weight is 269 g/mol. The van der Waals surface area contributed by atoms with Gasteiger partial charge in [0.1, 0.15) is 0 Å². The molecule has 3 nitrogen and oxygen atoms in total. The van der Waals surface area contributed by atoms with E-state index in [0.29, 0.717) is 12.0 Å². The molecule has 0 aliphatic carbocycles. The first-order valence-electron chi connectivity index (χ1n) is 6.86. The van der Waals surface area contributed by atoms with Crippen LogP contribution in [-0.2, 0) is 13.0 Å². The van der Waals surface area contributed by atoms with Crippen LogP contribution in [0.5, 0.6) is 0 Å². The number of hydrogen-bond acceptors (Lipinski definition) is 3. The molecule has 0 amide bonds. The van der Waals surface area contributed by atoms with Gasteiger partial charge in [-0.05, 0) is 35.1 Å². The third kappa shape index (κ3) is 3.41. The summed E-state index contributed by atoms with van der Waals surface area (Å²) in [7, 11) is 0.573. The van der Waals surface area contributed by atoms with Gasteiger partial charge >= 0.3 is 7.12 Å². The number of benzene rings is 2. The largest absolute Gasteiger partial charge is 0.488 e. The molecule has 4 heteroatoms. The van der Waals surface area contributed by atoms with Crippen LogP contribution in [0, 0.1) is 0 Å². The molecular weight excluding hydrogens is 249 g/mol. The Morgan fingerprint density at radius 3 is 2.25 bits per heavy atom. The fourth-order valence-corrected chi connectivity index (χ4v) is 2.26. The molecule has 20 heavy (non-hydrogen) atoms. The van der Waals surface area contributed by atoms with Crippen LogP contribution in [0.15, 0.2) is 48.5 Å². The first-order valence-corrected chi connectivity index (χ1v) is 6.86. The maximum absolute atomic E-state index is 9.39. The molecule has 104 valence electrons. The van der Waals surface area contributed by atoms with Crippen molar-refractivity contribution in [1.82, 2.24) is 0 Å². The second kappa shape index (κ2) is 6.59. The Balaban J connectivity index is 2.16. The minimum atomic E-state index is -1.43. The summed E-state index contributed by atoms with van der Waals surface area (Å²) in [6, 6.07) is 15.8. The molecule has 0 unspecified atom stereocenters. The lowest BCUT2D eigenvalue weighted by Gasteiger charge is -2.21. The normalized spacial score (nSPS) is 10.4. The van der Waals surface area contributed by atoms with Crippen molar-refractivity contribution in [2.75, 3.05) is 11.9 Å². The zero-order valence-corrected chi connectivity index (χ0v) is 12.0. The van der Waals surface area contributed by atoms with Crippen LogP contribution in [0.2, 0.25) is 0 Å². The lowest BCUT2D eigenvalue weighted by Crippen LogP contribution is -2.35. The number of anilines is 1. The Morgan fingerprint density at radius 2 is 1.65 bits per heavy atom. The van der Waals surface area contributed by atoms with E-state index in [2.05, 4.69) is 36.1 Å². The predicted octanol–water partition coefficient (Wildman–Crippen LogP) is 1.57. The van der Waals surface area contributed by atoms with Gasteiger partial charge in [0.25, 0.3) is 0 Å². The highest BCUT2D eigenvalue weighted by molar-refractivity contribution is 6.59. The molecule has 0 saturated heterocycles. The van der Waals surface area contributed by atoms with Gasteiger partial charge in [0.2, 0.25) is 0 Å². The summed E-state index contributed by atoms with van der Waals surface area (Å²) in [6.07, 6.45) is 1.03. The highest BCUT2D eigenvalue weighted by Gasteiger charge is 2.16. The van der Waals surface area contributed by atoms with Gasteiger partial charge in [-0.15, -0.1) is 0 Å². The van der Waals surface area contributed by atoms with Gasteiger partial charge < -0.3 is 14.9 Å². The molecule has 2 aromatic carbocycles. The molecule has 0 heterocycles. The monoisotopic (exact) mass is 269 g/mol. The second-order valence-corrected chi connectivity index (χ2v) is 4.95. The molecule has 0 bridgehead atoms. The van der Waals surface area contributed by atoms with E-state index in [1.54, 1.807) is 6.07 Å². The van der Waals surface area contributed by atoms with Crippen molar-refractivity contribution in [3.05, 3.63) is 59.7 Å². The average Bonchev–Trinajstić information content (AvgIpc) is 2.47. The molecular formula is C16H20BNO2. The Labute approximate surface area is 120 Å². The number of aryl methyl sites for hydroxylation is 1. The topological polar surface area (TPSA) is 43.7 Å². The van der Waals surface area contributed by atoms with Crippen LogP contribution in [0.1, 0.15) is 18.1 Å². The summed E-state index contributed by atoms with van der Waals surface area (Å²) < 4.78 is 0. The van der Waals surface area contributed by atoms with Gasteiger partial charge in [-0.3, -0.25) is 0 Å². The van der Waals surface area contributed by atoms with E-state index in [1.165, 1.54) is 5.56 Å². The van der Waals surface area contributed by atoms with E-state index in [-0.39, 0.29) is 0 Å². The van der Waals surface area contributed by atoms with Crippen molar-refractivity contribution in [3.8, 4) is 0 Å². The summed E-state index contributed by atoms with van der Waals surface area (Å²) in [5, 5.41) is 18.8. The zero-order valence-electron chi connectivity index (χ0n) is 12.0. The quantitative estimate of drug-likeness (QED) is 0.810. The molecule has 0 aromatic heterocycles. The van der Waals surface area contributed by atoms with Crippen molar-refractivity contribution in [1.29, 1.82) is 0 Å². The van der Waals surface area contributed by atoms with Crippen molar-refractivity contribution >= 4 is 18.3 Å². The molecule has 2 aromatic rings. The van der Waals surface area contributed by atoms with Crippen LogP contribution < -0.4 is 10.4 Å². The highest BCUT2D eigenvalue weighted by Crippen LogP contribution is 2.16. The van der Waals surface area contributed by atoms with Gasteiger partial charge in [-0.25, -0.2) is 0 Å². The Kier molecular flexibility index (Phi) is 4.82. The second-order valence-electron chi connectivity index (χ2n) is 4.95. The Bertz CT molecular complexity index is 555. The summed E-state index contributed by atoms with van der Waals surface area (Å²) in [6.45, 7) is 2.77. The number of nitrogens with zero attached hydrogens (tertiary/aromatic N) is 1. The van der Waals surface area contributed by atoms with Gasteiger partial charge in [0, 0.05) is 19.3 Å². The highest BCUT2D eigenvalue weighted by atomic mass is 16.4. The fourth-order valence-electron chi connectivity index (χ4n) is 2.26. The number of rotatable bonds is 5. The van der Waals surface area contributed by atoms with Gasteiger partial charge in [-0.2, -0.15) is 0 Å². The Hall–Kier alpha value is -1.78. The van der Waals surface area contributed by atoms with Crippen LogP contribution in [0.25, 0.3) is 0 Å². The molecule has 0 aliphatic heterocycles. The molecule has 0 radical (unpaired) electrons. The summed E-state index contributed by atoms with van der Waals surface area (Å²) in [4.78, 5) is 2.10. The van der Waals surface area contributed by atoms with Crippen LogP contribution in [0.3, 0.4) is 0 Å². The smallest absolute Gasteiger partial charge is 0.423 e. The van der Waals surface area contributed by atoms with Gasteiger partial charge in [0.15, 0.2) is 0 Å². The van der Waals surface area contributed by atoms with Crippen molar-refractivity contribution in [3.63, 3.8) is 0 Å². The predicted molar refractivity (Wildman–Crippen MR) is 84.2 cm³/mol. The maximum atomic E-state index is 9.39. The van der Waals surface area contributed by atoms with E-state index in [1.807, 2.05) is 25.2 Å². The molecule has 0 atom stereocenters. The standard InChI is InChI=1S/C16H20BNO2/c1-3-13-8-10-15(11-9-13)18(2)12-14-6-4-5-7-16(14)17(19)20/h4-11,19-20H,3,12H2,1-2H3. The summed E-state index contributed by atoms with van der Waals surface area (Å²) in [5.74, 6) is 0. The number of hydrogen-bond donors (Lipinski definition) is 2. The van der Waals surface area contributed by atoms with E-state index in [9.17, 15) is 10.0 Å². The molecule has 0 saturated carbocycles. The lowest BCUT2D eigenvalue weighted by molar-refractivity contribution is 0.425. The van der Waals surface area contributed by atoms with E-state index < -0.39 is 7.12 Å². The third-order valence-electron chi connectivity index (χ3n) is 3.53. The van der Waals surface area contributed by atoms with Gasteiger partial charge in [0.05, 0.1) is 0 Å². The van der Waals surface area contributed by atoms with E-state index in [4.69, 9.17) is 0 Å². The minimum Gasteiger partial charge on any atom is -0.423 e. The lowest BCUT2D eigenvalue weighted by atomic mass is 9.77. The minimum absolute atomic E-state index is 0.560. The fraction of sp³-hybridized carbons (Fsp3) is 0.250. The third-order valence-corrected chi connectivity index (χ3v) is 3.53. The van der Waals surface area contributed by atoms with Crippen molar-refractivity contribution in [2.45, 2.75) is 19.9 Å². The SMILES string of the molecule is CCc1ccc(N(C)Cc2ccccc2B(O)O)cc1. The van der Waals surface area contributed by atoms with Crippen LogP contribution >= 0.6 is 0 Å². The summed E-state index contributed by atoms with van der Waals surface area (Å²) in [5.41, 5.74) is 3.91.